The highest BCUT2D eigenvalue weighted by molar-refractivity contribution is 7.13. The number of carbonyl (C=O) groups excluding carboxylic acids is 2. The fourth-order valence-corrected chi connectivity index (χ4v) is 2.21. The van der Waals surface area contributed by atoms with Crippen LogP contribution in [0.15, 0.2) is 11.6 Å². The lowest BCUT2D eigenvalue weighted by atomic mass is 10.3. The van der Waals surface area contributed by atoms with E-state index >= 15 is 0 Å². The number of carbonyl (C=O) groups is 2. The smallest absolute Gasteiger partial charge is 0.245 e. The summed E-state index contributed by atoms with van der Waals surface area (Å²) in [4.78, 5) is 28.9. The molecule has 1 heterocycles. The van der Waals surface area contributed by atoms with Crippen molar-refractivity contribution in [2.75, 3.05) is 37.5 Å². The van der Waals surface area contributed by atoms with Gasteiger partial charge in [0, 0.05) is 31.3 Å². The van der Waals surface area contributed by atoms with Gasteiger partial charge in [-0.3, -0.25) is 9.59 Å². The zero-order chi connectivity index (χ0) is 14.8. The van der Waals surface area contributed by atoms with Gasteiger partial charge in [-0.25, -0.2) is 4.98 Å². The minimum atomic E-state index is -0.283. The molecule has 0 atom stereocenters. The summed E-state index contributed by atoms with van der Waals surface area (Å²) < 4.78 is 5.21. The Bertz CT molecular complexity index is 414. The van der Waals surface area contributed by atoms with Crippen LogP contribution < -0.4 is 5.32 Å². The molecule has 1 aromatic heterocycles. The predicted octanol–water partition coefficient (Wildman–Crippen LogP) is 1.58. The standard InChI is InChI=1S/C12H18ClN3O3S/c1-2-19-6-3-5-16(11(18)8-13)9-10(17)15-12-14-4-7-20-12/h4,7H,2-3,5-6,8-9H2,1H3,(H,14,15,17). The van der Waals surface area contributed by atoms with Crippen molar-refractivity contribution in [2.24, 2.45) is 0 Å². The van der Waals surface area contributed by atoms with E-state index in [2.05, 4.69) is 10.3 Å². The molecule has 1 N–H and O–H groups in total. The topological polar surface area (TPSA) is 71.5 Å². The first kappa shape index (κ1) is 16.9. The second kappa shape index (κ2) is 9.68. The molecule has 0 unspecified atom stereocenters. The van der Waals surface area contributed by atoms with Crippen molar-refractivity contribution in [1.82, 2.24) is 9.88 Å². The maximum atomic E-state index is 11.8. The number of nitrogens with one attached hydrogen (secondary N) is 1. The molecule has 0 spiro atoms. The molecule has 0 saturated heterocycles. The van der Waals surface area contributed by atoms with E-state index in [1.165, 1.54) is 16.2 Å². The third kappa shape index (κ3) is 6.31. The molecule has 6 nitrogen and oxygen atoms in total. The fraction of sp³-hybridized carbons (Fsp3) is 0.583. The van der Waals surface area contributed by atoms with Crippen LogP contribution in [-0.2, 0) is 14.3 Å². The maximum absolute atomic E-state index is 11.8. The zero-order valence-electron chi connectivity index (χ0n) is 11.3. The highest BCUT2D eigenvalue weighted by atomic mass is 35.5. The number of rotatable bonds is 9. The number of thiazole rings is 1. The van der Waals surface area contributed by atoms with Crippen LogP contribution in [0.5, 0.6) is 0 Å². The van der Waals surface area contributed by atoms with Crippen molar-refractivity contribution in [2.45, 2.75) is 13.3 Å². The Balaban J connectivity index is 2.42. The number of amides is 2. The minimum Gasteiger partial charge on any atom is -0.382 e. The van der Waals surface area contributed by atoms with Gasteiger partial charge in [0.25, 0.3) is 0 Å². The van der Waals surface area contributed by atoms with Gasteiger partial charge in [-0.05, 0) is 13.3 Å². The average molecular weight is 320 g/mol. The van der Waals surface area contributed by atoms with Crippen molar-refractivity contribution in [3.8, 4) is 0 Å². The van der Waals surface area contributed by atoms with Crippen molar-refractivity contribution in [1.29, 1.82) is 0 Å². The minimum absolute atomic E-state index is 0.0305. The van der Waals surface area contributed by atoms with Crippen molar-refractivity contribution < 1.29 is 14.3 Å². The molecule has 0 saturated carbocycles. The van der Waals surface area contributed by atoms with E-state index in [0.717, 1.165) is 0 Å². The Kier molecular flexibility index (Phi) is 8.17. The summed E-state index contributed by atoms with van der Waals surface area (Å²) in [7, 11) is 0. The largest absolute Gasteiger partial charge is 0.382 e. The summed E-state index contributed by atoms with van der Waals surface area (Å²) in [6, 6.07) is 0. The number of hydrogen-bond donors (Lipinski definition) is 1. The highest BCUT2D eigenvalue weighted by Crippen LogP contribution is 2.10. The maximum Gasteiger partial charge on any atom is 0.245 e. The van der Waals surface area contributed by atoms with Crippen molar-refractivity contribution in [3.63, 3.8) is 0 Å². The van der Waals surface area contributed by atoms with E-state index in [4.69, 9.17) is 16.3 Å². The van der Waals surface area contributed by atoms with E-state index in [0.29, 0.717) is 31.3 Å². The molecule has 8 heteroatoms. The average Bonchev–Trinajstić information content (AvgIpc) is 2.94. The number of halogens is 1. The third-order valence-electron chi connectivity index (χ3n) is 2.40. The van der Waals surface area contributed by atoms with Gasteiger partial charge >= 0.3 is 0 Å². The predicted molar refractivity (Wildman–Crippen MR) is 79.2 cm³/mol. The van der Waals surface area contributed by atoms with E-state index in [1.807, 2.05) is 6.92 Å². The van der Waals surface area contributed by atoms with Crippen molar-refractivity contribution in [3.05, 3.63) is 11.6 Å². The molecular weight excluding hydrogens is 302 g/mol. The lowest BCUT2D eigenvalue weighted by Gasteiger charge is -2.20. The molecule has 2 amide bonds. The summed E-state index contributed by atoms with van der Waals surface area (Å²) in [5, 5.41) is 4.91. The first-order valence-electron chi connectivity index (χ1n) is 6.28. The molecule has 0 radical (unpaired) electrons. The molecule has 1 rings (SSSR count). The first-order chi connectivity index (χ1) is 9.67. The van der Waals surface area contributed by atoms with Gasteiger partial charge in [-0.2, -0.15) is 0 Å². The van der Waals surface area contributed by atoms with E-state index in [1.54, 1.807) is 11.6 Å². The SMILES string of the molecule is CCOCCCN(CC(=O)Nc1nccs1)C(=O)CCl. The third-order valence-corrected chi connectivity index (χ3v) is 3.32. The van der Waals surface area contributed by atoms with Gasteiger partial charge in [-0.15, -0.1) is 22.9 Å². The highest BCUT2D eigenvalue weighted by Gasteiger charge is 2.16. The zero-order valence-corrected chi connectivity index (χ0v) is 12.9. The summed E-state index contributed by atoms with van der Waals surface area (Å²) in [5.74, 6) is -0.689. The van der Waals surface area contributed by atoms with Gasteiger partial charge in [-0.1, -0.05) is 0 Å². The Morgan fingerprint density at radius 2 is 2.35 bits per heavy atom. The molecule has 0 aliphatic rings. The Hall–Kier alpha value is -1.18. The van der Waals surface area contributed by atoms with Crippen molar-refractivity contribution >= 4 is 39.9 Å². The second-order valence-electron chi connectivity index (χ2n) is 3.88. The lowest BCUT2D eigenvalue weighted by molar-refractivity contribution is -0.132. The fourth-order valence-electron chi connectivity index (χ4n) is 1.50. The number of anilines is 1. The lowest BCUT2D eigenvalue weighted by Crippen LogP contribution is -2.39. The van der Waals surface area contributed by atoms with Crippen LogP contribution in [-0.4, -0.2) is 53.9 Å². The summed E-state index contributed by atoms with van der Waals surface area (Å²) >= 11 is 6.87. The Morgan fingerprint density at radius 1 is 1.55 bits per heavy atom. The summed E-state index contributed by atoms with van der Waals surface area (Å²) in [5.41, 5.74) is 0. The van der Waals surface area contributed by atoms with E-state index < -0.39 is 0 Å². The van der Waals surface area contributed by atoms with Gasteiger partial charge in [0.2, 0.25) is 11.8 Å². The van der Waals surface area contributed by atoms with E-state index in [9.17, 15) is 9.59 Å². The number of nitrogens with zero attached hydrogens (tertiary/aromatic N) is 2. The summed E-state index contributed by atoms with van der Waals surface area (Å²) in [6.45, 7) is 3.50. The molecule has 0 aliphatic carbocycles. The monoisotopic (exact) mass is 319 g/mol. The summed E-state index contributed by atoms with van der Waals surface area (Å²) in [6.07, 6.45) is 2.27. The Morgan fingerprint density at radius 3 is 2.95 bits per heavy atom. The number of ether oxygens (including phenoxy) is 1. The van der Waals surface area contributed by atoms with Crippen LogP contribution >= 0.6 is 22.9 Å². The quantitative estimate of drug-likeness (QED) is 0.554. The molecule has 0 bridgehead atoms. The molecular formula is C12H18ClN3O3S. The van der Waals surface area contributed by atoms with Gasteiger partial charge in [0.05, 0.1) is 6.54 Å². The van der Waals surface area contributed by atoms with Gasteiger partial charge in [0.1, 0.15) is 5.88 Å². The first-order valence-corrected chi connectivity index (χ1v) is 7.69. The molecule has 1 aromatic rings. The van der Waals surface area contributed by atoms with Gasteiger partial charge < -0.3 is 15.0 Å². The van der Waals surface area contributed by atoms with Crippen LogP contribution in [0.1, 0.15) is 13.3 Å². The van der Waals surface area contributed by atoms with E-state index in [-0.39, 0.29) is 24.2 Å². The van der Waals surface area contributed by atoms with Crippen LogP contribution in [0.25, 0.3) is 0 Å². The van der Waals surface area contributed by atoms with Crippen LogP contribution in [0, 0.1) is 0 Å². The van der Waals surface area contributed by atoms with Gasteiger partial charge in [0.15, 0.2) is 5.13 Å². The normalized spacial score (nSPS) is 10.3. The molecule has 0 fully saturated rings. The molecule has 0 aliphatic heterocycles. The molecule has 0 aromatic carbocycles. The number of alkyl halides is 1. The second-order valence-corrected chi connectivity index (χ2v) is 5.05. The van der Waals surface area contributed by atoms with Crippen LogP contribution in [0.2, 0.25) is 0 Å². The number of aromatic nitrogens is 1. The molecule has 20 heavy (non-hydrogen) atoms. The number of hydrogen-bond acceptors (Lipinski definition) is 5. The Labute approximate surface area is 127 Å². The van der Waals surface area contributed by atoms with Crippen LogP contribution in [0.3, 0.4) is 0 Å². The molecule has 112 valence electrons. The van der Waals surface area contributed by atoms with Crippen LogP contribution in [0.4, 0.5) is 5.13 Å².